The maximum absolute atomic E-state index is 2.46. The molecule has 0 atom stereocenters. The molecule has 0 N–H and O–H groups in total. The molecule has 0 amide bonds. The monoisotopic (exact) mass is 318 g/mol. The van der Waals surface area contributed by atoms with Crippen molar-refractivity contribution in [3.63, 3.8) is 0 Å². The largest absolute Gasteiger partial charge is 0.0622 e. The van der Waals surface area contributed by atoms with Gasteiger partial charge in [-0.25, -0.2) is 0 Å². The molecule has 0 nitrogen and oxygen atoms in total. The fourth-order valence-electron chi connectivity index (χ4n) is 5.07. The van der Waals surface area contributed by atoms with Gasteiger partial charge in [-0.15, -0.1) is 0 Å². The van der Waals surface area contributed by atoms with Crippen LogP contribution >= 0.6 is 0 Å². The maximum atomic E-state index is 2.46. The van der Waals surface area contributed by atoms with Gasteiger partial charge < -0.3 is 0 Å². The van der Waals surface area contributed by atoms with Crippen molar-refractivity contribution < 1.29 is 0 Å². The molecule has 0 aliphatic heterocycles. The molecular weight excluding hydrogens is 288 g/mol. The first-order valence-corrected chi connectivity index (χ1v) is 10.1. The molecule has 0 spiro atoms. The van der Waals surface area contributed by atoms with Crippen molar-refractivity contribution in [2.24, 2.45) is 0 Å². The molecule has 126 valence electrons. The lowest BCUT2D eigenvalue weighted by Crippen LogP contribution is -2.13. The first-order valence-electron chi connectivity index (χ1n) is 10.1. The fourth-order valence-corrected chi connectivity index (χ4v) is 5.07. The number of hydrogen-bond acceptors (Lipinski definition) is 0. The van der Waals surface area contributed by atoms with E-state index in [1.165, 1.54) is 75.3 Å². The highest BCUT2D eigenvalue weighted by Crippen LogP contribution is 2.44. The molecule has 4 rings (SSSR count). The van der Waals surface area contributed by atoms with Crippen LogP contribution in [0.4, 0.5) is 0 Å². The molecule has 0 bridgehead atoms. The smallest absolute Gasteiger partial charge is 0.0146 e. The van der Waals surface area contributed by atoms with E-state index in [4.69, 9.17) is 0 Å². The SMILES string of the molecule is c1ccc(-c2cccc(C3CCCCC3)c2C2CCCCC2)cc1. The second-order valence-corrected chi connectivity index (χ2v) is 7.84. The van der Waals surface area contributed by atoms with Crippen LogP contribution in [-0.2, 0) is 0 Å². The van der Waals surface area contributed by atoms with Gasteiger partial charge in [-0.3, -0.25) is 0 Å². The molecule has 2 fully saturated rings. The molecule has 2 aliphatic rings. The summed E-state index contributed by atoms with van der Waals surface area (Å²) in [5.41, 5.74) is 6.35. The molecule has 2 aliphatic carbocycles. The average molecular weight is 319 g/mol. The van der Waals surface area contributed by atoms with Crippen LogP contribution < -0.4 is 0 Å². The van der Waals surface area contributed by atoms with Gasteiger partial charge in [-0.1, -0.05) is 87.1 Å². The third kappa shape index (κ3) is 3.29. The Hall–Kier alpha value is -1.56. The molecule has 0 radical (unpaired) electrons. The standard InChI is InChI=1S/C24H30/c1-4-11-19(12-5-1)22-17-10-18-23(20-13-6-2-7-14-20)24(22)21-15-8-3-9-16-21/h1,4-5,10-12,17-18,20-21H,2-3,6-9,13-16H2. The van der Waals surface area contributed by atoms with Gasteiger partial charge in [-0.2, -0.15) is 0 Å². The van der Waals surface area contributed by atoms with Crippen LogP contribution in [0.25, 0.3) is 11.1 Å². The molecule has 24 heavy (non-hydrogen) atoms. The minimum Gasteiger partial charge on any atom is -0.0622 e. The summed E-state index contributed by atoms with van der Waals surface area (Å²) in [5.74, 6) is 1.59. The van der Waals surface area contributed by atoms with E-state index in [9.17, 15) is 0 Å². The quantitative estimate of drug-likeness (QED) is 0.551. The third-order valence-corrected chi connectivity index (χ3v) is 6.28. The summed E-state index contributed by atoms with van der Waals surface area (Å²) in [4.78, 5) is 0. The van der Waals surface area contributed by atoms with Crippen molar-refractivity contribution in [3.8, 4) is 11.1 Å². The van der Waals surface area contributed by atoms with Gasteiger partial charge in [-0.05, 0) is 59.8 Å². The highest BCUT2D eigenvalue weighted by Gasteiger charge is 2.26. The fraction of sp³-hybridized carbons (Fsp3) is 0.500. The predicted molar refractivity (Wildman–Crippen MR) is 104 cm³/mol. The van der Waals surface area contributed by atoms with E-state index in [0.29, 0.717) is 0 Å². The van der Waals surface area contributed by atoms with E-state index in [1.54, 1.807) is 11.1 Å². The molecule has 2 saturated carbocycles. The zero-order valence-electron chi connectivity index (χ0n) is 14.8. The summed E-state index contributed by atoms with van der Waals surface area (Å²) in [6.45, 7) is 0. The molecule has 0 unspecified atom stereocenters. The van der Waals surface area contributed by atoms with Crippen molar-refractivity contribution in [1.82, 2.24) is 0 Å². The molecule has 0 aromatic heterocycles. The molecular formula is C24H30. The van der Waals surface area contributed by atoms with Crippen LogP contribution in [0.15, 0.2) is 48.5 Å². The second kappa shape index (κ2) is 7.55. The summed E-state index contributed by atoms with van der Waals surface area (Å²) >= 11 is 0. The van der Waals surface area contributed by atoms with Crippen LogP contribution in [0.5, 0.6) is 0 Å². The summed E-state index contributed by atoms with van der Waals surface area (Å²) in [5, 5.41) is 0. The zero-order chi connectivity index (χ0) is 16.2. The van der Waals surface area contributed by atoms with Crippen molar-refractivity contribution in [3.05, 3.63) is 59.7 Å². The van der Waals surface area contributed by atoms with Gasteiger partial charge in [0, 0.05) is 0 Å². The Morgan fingerprint density at radius 1 is 0.542 bits per heavy atom. The number of hydrogen-bond donors (Lipinski definition) is 0. The highest BCUT2D eigenvalue weighted by atomic mass is 14.3. The van der Waals surface area contributed by atoms with Gasteiger partial charge in [0.1, 0.15) is 0 Å². The summed E-state index contributed by atoms with van der Waals surface area (Å²) in [7, 11) is 0. The van der Waals surface area contributed by atoms with Crippen LogP contribution in [0.2, 0.25) is 0 Å². The third-order valence-electron chi connectivity index (χ3n) is 6.28. The Bertz CT molecular complexity index is 643. The summed E-state index contributed by atoms with van der Waals surface area (Å²) in [6, 6.07) is 18.3. The summed E-state index contributed by atoms with van der Waals surface area (Å²) < 4.78 is 0. The lowest BCUT2D eigenvalue weighted by Gasteiger charge is -2.31. The van der Waals surface area contributed by atoms with Gasteiger partial charge in [0.25, 0.3) is 0 Å². The van der Waals surface area contributed by atoms with Crippen LogP contribution in [0.1, 0.15) is 87.2 Å². The Morgan fingerprint density at radius 3 is 1.83 bits per heavy atom. The first-order chi connectivity index (χ1) is 11.9. The van der Waals surface area contributed by atoms with E-state index in [0.717, 1.165) is 11.8 Å². The van der Waals surface area contributed by atoms with Crippen LogP contribution in [0, 0.1) is 0 Å². The molecule has 2 aromatic carbocycles. The zero-order valence-corrected chi connectivity index (χ0v) is 14.8. The van der Waals surface area contributed by atoms with Gasteiger partial charge in [0.05, 0.1) is 0 Å². The highest BCUT2D eigenvalue weighted by molar-refractivity contribution is 5.70. The van der Waals surface area contributed by atoms with E-state index in [2.05, 4.69) is 48.5 Å². The van der Waals surface area contributed by atoms with E-state index in [1.807, 2.05) is 0 Å². The second-order valence-electron chi connectivity index (χ2n) is 7.84. The van der Waals surface area contributed by atoms with Crippen LogP contribution in [0.3, 0.4) is 0 Å². The summed E-state index contributed by atoms with van der Waals surface area (Å²) in [6.07, 6.45) is 14.1. The van der Waals surface area contributed by atoms with Crippen molar-refractivity contribution in [2.75, 3.05) is 0 Å². The minimum absolute atomic E-state index is 0.784. The van der Waals surface area contributed by atoms with Crippen molar-refractivity contribution >= 4 is 0 Å². The van der Waals surface area contributed by atoms with E-state index >= 15 is 0 Å². The minimum atomic E-state index is 0.784. The first kappa shape index (κ1) is 15.9. The molecule has 0 saturated heterocycles. The normalized spacial score (nSPS) is 20.2. The molecule has 2 aromatic rings. The predicted octanol–water partition coefficient (Wildman–Crippen LogP) is 7.45. The lowest BCUT2D eigenvalue weighted by molar-refractivity contribution is 0.419. The Kier molecular flexibility index (Phi) is 5.02. The van der Waals surface area contributed by atoms with Crippen molar-refractivity contribution in [1.29, 1.82) is 0 Å². The molecule has 0 heterocycles. The Balaban J connectivity index is 1.80. The number of rotatable bonds is 3. The van der Waals surface area contributed by atoms with Gasteiger partial charge >= 0.3 is 0 Å². The van der Waals surface area contributed by atoms with Crippen molar-refractivity contribution in [2.45, 2.75) is 76.0 Å². The topological polar surface area (TPSA) is 0 Å². The number of benzene rings is 2. The van der Waals surface area contributed by atoms with E-state index in [-0.39, 0.29) is 0 Å². The Labute approximate surface area is 147 Å². The van der Waals surface area contributed by atoms with Gasteiger partial charge in [0.2, 0.25) is 0 Å². The van der Waals surface area contributed by atoms with Gasteiger partial charge in [0.15, 0.2) is 0 Å². The Morgan fingerprint density at radius 2 is 1.17 bits per heavy atom. The lowest BCUT2D eigenvalue weighted by atomic mass is 9.73. The average Bonchev–Trinajstić information content (AvgIpc) is 2.69. The molecule has 0 heteroatoms. The van der Waals surface area contributed by atoms with Crippen LogP contribution in [-0.4, -0.2) is 0 Å². The van der Waals surface area contributed by atoms with E-state index < -0.39 is 0 Å². The maximum Gasteiger partial charge on any atom is -0.0146 e.